The van der Waals surface area contributed by atoms with E-state index in [-0.39, 0.29) is 32.2 Å². The molecule has 0 aliphatic carbocycles. The summed E-state index contributed by atoms with van der Waals surface area (Å²) in [4.78, 5) is 11.2. The number of esters is 1. The van der Waals surface area contributed by atoms with Crippen LogP contribution in [0.2, 0.25) is 0 Å². The van der Waals surface area contributed by atoms with E-state index in [0.717, 1.165) is 6.08 Å². The van der Waals surface area contributed by atoms with E-state index < -0.39 is 11.4 Å². The predicted octanol–water partition coefficient (Wildman–Crippen LogP) is 1.58. The molecule has 0 unspecified atom stereocenters. The van der Waals surface area contributed by atoms with Gasteiger partial charge in [0.15, 0.2) is 0 Å². The molecule has 0 bridgehead atoms. The SMILES string of the molecule is CC(C)(C)OC(=O)CCOCC(F)=CCO. The van der Waals surface area contributed by atoms with Crippen molar-refractivity contribution in [2.24, 2.45) is 0 Å². The summed E-state index contributed by atoms with van der Waals surface area (Å²) in [6.45, 7) is 4.83. The first-order chi connectivity index (χ1) is 7.35. The van der Waals surface area contributed by atoms with E-state index in [1.807, 2.05) is 0 Å². The molecule has 94 valence electrons. The average Bonchev–Trinajstić information content (AvgIpc) is 2.10. The van der Waals surface area contributed by atoms with Crippen LogP contribution >= 0.6 is 0 Å². The Morgan fingerprint density at radius 2 is 2.06 bits per heavy atom. The van der Waals surface area contributed by atoms with E-state index in [2.05, 4.69) is 0 Å². The highest BCUT2D eigenvalue weighted by molar-refractivity contribution is 5.69. The Kier molecular flexibility index (Phi) is 6.92. The highest BCUT2D eigenvalue weighted by atomic mass is 19.1. The Bertz CT molecular complexity index is 243. The van der Waals surface area contributed by atoms with Crippen molar-refractivity contribution in [3.63, 3.8) is 0 Å². The maximum absolute atomic E-state index is 12.7. The summed E-state index contributed by atoms with van der Waals surface area (Å²) in [5.74, 6) is -0.925. The van der Waals surface area contributed by atoms with Crippen molar-refractivity contribution in [3.05, 3.63) is 11.9 Å². The maximum atomic E-state index is 12.7. The molecule has 0 spiro atoms. The van der Waals surface area contributed by atoms with E-state index in [1.165, 1.54) is 0 Å². The molecule has 0 fully saturated rings. The van der Waals surface area contributed by atoms with Gasteiger partial charge in [0.25, 0.3) is 0 Å². The van der Waals surface area contributed by atoms with Crippen LogP contribution in [-0.4, -0.2) is 36.5 Å². The van der Waals surface area contributed by atoms with Crippen LogP contribution in [-0.2, 0) is 14.3 Å². The van der Waals surface area contributed by atoms with Crippen LogP contribution in [0.1, 0.15) is 27.2 Å². The highest BCUT2D eigenvalue weighted by Gasteiger charge is 2.15. The third kappa shape index (κ3) is 9.61. The number of hydrogen-bond donors (Lipinski definition) is 1. The van der Waals surface area contributed by atoms with Gasteiger partial charge in [-0.15, -0.1) is 0 Å². The van der Waals surface area contributed by atoms with Crippen molar-refractivity contribution < 1.29 is 23.8 Å². The molecule has 4 nitrogen and oxygen atoms in total. The number of ether oxygens (including phenoxy) is 2. The Hall–Kier alpha value is -0.940. The van der Waals surface area contributed by atoms with Crippen LogP contribution in [0, 0.1) is 0 Å². The van der Waals surface area contributed by atoms with Crippen LogP contribution in [0.3, 0.4) is 0 Å². The average molecular weight is 234 g/mol. The van der Waals surface area contributed by atoms with E-state index >= 15 is 0 Å². The number of aliphatic hydroxyl groups excluding tert-OH is 1. The normalized spacial score (nSPS) is 12.7. The topological polar surface area (TPSA) is 55.8 Å². The van der Waals surface area contributed by atoms with Crippen molar-refractivity contribution in [3.8, 4) is 0 Å². The molecular weight excluding hydrogens is 215 g/mol. The number of aliphatic hydroxyl groups is 1. The number of halogens is 1. The minimum absolute atomic E-state index is 0.0870. The molecule has 0 atom stereocenters. The van der Waals surface area contributed by atoms with Gasteiger partial charge in [0.05, 0.1) is 26.2 Å². The third-order valence-corrected chi connectivity index (χ3v) is 1.42. The molecule has 0 amide bonds. The minimum Gasteiger partial charge on any atom is -0.460 e. The van der Waals surface area contributed by atoms with Gasteiger partial charge in [0, 0.05) is 0 Å². The van der Waals surface area contributed by atoms with E-state index in [1.54, 1.807) is 20.8 Å². The monoisotopic (exact) mass is 234 g/mol. The van der Waals surface area contributed by atoms with Crippen molar-refractivity contribution >= 4 is 5.97 Å². The second kappa shape index (κ2) is 7.35. The first-order valence-corrected chi connectivity index (χ1v) is 5.10. The van der Waals surface area contributed by atoms with Crippen molar-refractivity contribution in [1.29, 1.82) is 0 Å². The quantitative estimate of drug-likeness (QED) is 0.560. The zero-order valence-corrected chi connectivity index (χ0v) is 9.96. The molecule has 0 aliphatic rings. The summed E-state index contributed by atoms with van der Waals surface area (Å²) in [6, 6.07) is 0. The first-order valence-electron chi connectivity index (χ1n) is 5.10. The van der Waals surface area contributed by atoms with Gasteiger partial charge < -0.3 is 14.6 Å². The summed E-state index contributed by atoms with van der Waals surface area (Å²) in [5, 5.41) is 8.36. The largest absolute Gasteiger partial charge is 0.460 e. The van der Waals surface area contributed by atoms with Crippen LogP contribution < -0.4 is 0 Å². The number of hydrogen-bond acceptors (Lipinski definition) is 4. The molecule has 0 rings (SSSR count). The third-order valence-electron chi connectivity index (χ3n) is 1.42. The molecule has 16 heavy (non-hydrogen) atoms. The zero-order valence-electron chi connectivity index (χ0n) is 9.96. The molecule has 0 heterocycles. The van der Waals surface area contributed by atoms with E-state index in [0.29, 0.717) is 0 Å². The van der Waals surface area contributed by atoms with Crippen LogP contribution in [0.25, 0.3) is 0 Å². The molecule has 0 radical (unpaired) electrons. The fourth-order valence-electron chi connectivity index (χ4n) is 0.876. The van der Waals surface area contributed by atoms with Gasteiger partial charge in [-0.2, -0.15) is 0 Å². The lowest BCUT2D eigenvalue weighted by molar-refractivity contribution is -0.155. The van der Waals surface area contributed by atoms with Crippen molar-refractivity contribution in [2.45, 2.75) is 32.8 Å². The Morgan fingerprint density at radius 3 is 2.56 bits per heavy atom. The summed E-state index contributed by atoms with van der Waals surface area (Å²) >= 11 is 0. The second-order valence-electron chi connectivity index (χ2n) is 4.22. The molecule has 0 aromatic rings. The summed E-state index contributed by atoms with van der Waals surface area (Å²) in [5.41, 5.74) is -0.515. The number of carbonyl (C=O) groups excluding carboxylic acids is 1. The van der Waals surface area contributed by atoms with Gasteiger partial charge >= 0.3 is 5.97 Å². The molecule has 0 aromatic carbocycles. The molecule has 0 aromatic heterocycles. The van der Waals surface area contributed by atoms with E-state index in [9.17, 15) is 9.18 Å². The molecule has 0 saturated heterocycles. The second-order valence-corrected chi connectivity index (χ2v) is 4.22. The summed E-state index contributed by atoms with van der Waals surface area (Å²) in [6.07, 6.45) is 1.09. The van der Waals surface area contributed by atoms with Gasteiger partial charge in [-0.25, -0.2) is 4.39 Å². The zero-order chi connectivity index (χ0) is 12.6. The van der Waals surface area contributed by atoms with Crippen molar-refractivity contribution in [1.82, 2.24) is 0 Å². The molecule has 1 N–H and O–H groups in total. The van der Waals surface area contributed by atoms with Gasteiger partial charge in [0.1, 0.15) is 11.4 Å². The summed E-state index contributed by atoms with van der Waals surface area (Å²) in [7, 11) is 0. The van der Waals surface area contributed by atoms with Crippen LogP contribution in [0.15, 0.2) is 11.9 Å². The number of carbonyl (C=O) groups is 1. The standard InChI is InChI=1S/C11H19FO4/c1-11(2,3)16-10(14)5-7-15-8-9(12)4-6-13/h4,13H,5-8H2,1-3H3. The number of rotatable bonds is 6. The van der Waals surface area contributed by atoms with Gasteiger partial charge in [-0.05, 0) is 26.8 Å². The molecular formula is C11H19FO4. The highest BCUT2D eigenvalue weighted by Crippen LogP contribution is 2.08. The lowest BCUT2D eigenvalue weighted by atomic mass is 10.2. The fourth-order valence-corrected chi connectivity index (χ4v) is 0.876. The molecule has 5 heteroatoms. The summed E-state index contributed by atoms with van der Waals surface area (Å²) < 4.78 is 22.6. The lowest BCUT2D eigenvalue weighted by Crippen LogP contribution is -2.24. The van der Waals surface area contributed by atoms with Gasteiger partial charge in [-0.1, -0.05) is 0 Å². The predicted molar refractivity (Wildman–Crippen MR) is 57.6 cm³/mol. The maximum Gasteiger partial charge on any atom is 0.308 e. The van der Waals surface area contributed by atoms with E-state index in [4.69, 9.17) is 14.6 Å². The Balaban J connectivity index is 3.60. The Labute approximate surface area is 95.0 Å². The Morgan fingerprint density at radius 1 is 1.44 bits per heavy atom. The van der Waals surface area contributed by atoms with Gasteiger partial charge in [0.2, 0.25) is 0 Å². The van der Waals surface area contributed by atoms with Crippen molar-refractivity contribution in [2.75, 3.05) is 19.8 Å². The molecule has 0 aliphatic heterocycles. The smallest absolute Gasteiger partial charge is 0.308 e. The van der Waals surface area contributed by atoms with Crippen LogP contribution in [0.5, 0.6) is 0 Å². The van der Waals surface area contributed by atoms with Crippen LogP contribution in [0.4, 0.5) is 4.39 Å². The minimum atomic E-state index is -0.549. The fraction of sp³-hybridized carbons (Fsp3) is 0.727. The lowest BCUT2D eigenvalue weighted by Gasteiger charge is -2.19. The first kappa shape index (κ1) is 15.1. The van der Waals surface area contributed by atoms with Gasteiger partial charge in [-0.3, -0.25) is 4.79 Å². The molecule has 0 saturated carbocycles.